The van der Waals surface area contributed by atoms with E-state index in [1.807, 2.05) is 24.5 Å². The van der Waals surface area contributed by atoms with Crippen LogP contribution in [0.5, 0.6) is 0 Å². The lowest BCUT2D eigenvalue weighted by atomic mass is 10.3. The Kier molecular flexibility index (Phi) is 1.54. The summed E-state index contributed by atoms with van der Waals surface area (Å²) in [5, 5.41) is 7.51. The highest BCUT2D eigenvalue weighted by molar-refractivity contribution is 7.98. The van der Waals surface area contributed by atoms with Crippen molar-refractivity contribution in [1.82, 2.24) is 10.3 Å². The Morgan fingerprint density at radius 3 is 3.09 bits per heavy atom. The molecule has 0 aliphatic rings. The van der Waals surface area contributed by atoms with E-state index in [-0.39, 0.29) is 0 Å². The van der Waals surface area contributed by atoms with Crippen molar-refractivity contribution in [2.75, 3.05) is 6.26 Å². The summed E-state index contributed by atoms with van der Waals surface area (Å²) in [4.78, 5) is 1.10. The third kappa shape index (κ3) is 0.991. The van der Waals surface area contributed by atoms with E-state index in [0.29, 0.717) is 0 Å². The van der Waals surface area contributed by atoms with Gasteiger partial charge in [-0.2, -0.15) is 0 Å². The molecule has 56 valence electrons. The minimum Gasteiger partial charge on any atom is -0.243 e. The molecule has 0 amide bonds. The second kappa shape index (κ2) is 2.54. The number of hydrogen-bond donors (Lipinski definition) is 0. The Hall–Kier alpha value is -1.03. The van der Waals surface area contributed by atoms with E-state index in [9.17, 15) is 0 Å². The SMILES string of the molecule is CSc1cccc2nonc12. The molecule has 1 aromatic heterocycles. The standard InChI is InChI=1S/C7H6N2OS/c1-11-6-4-2-3-5-7(6)9-10-8-5/h2-4H,1H3. The normalized spacial score (nSPS) is 10.6. The van der Waals surface area contributed by atoms with E-state index in [0.717, 1.165) is 15.9 Å². The van der Waals surface area contributed by atoms with Crippen LogP contribution in [0.15, 0.2) is 27.7 Å². The first-order chi connectivity index (χ1) is 5.42. The van der Waals surface area contributed by atoms with Crippen LogP contribution in [0.3, 0.4) is 0 Å². The Morgan fingerprint density at radius 1 is 1.36 bits per heavy atom. The highest BCUT2D eigenvalue weighted by atomic mass is 32.2. The molecule has 0 saturated carbocycles. The van der Waals surface area contributed by atoms with E-state index in [1.165, 1.54) is 0 Å². The average molecular weight is 166 g/mol. The first kappa shape index (κ1) is 6.67. The topological polar surface area (TPSA) is 38.9 Å². The monoisotopic (exact) mass is 166 g/mol. The molecule has 0 unspecified atom stereocenters. The number of benzene rings is 1. The number of nitrogens with zero attached hydrogens (tertiary/aromatic N) is 2. The summed E-state index contributed by atoms with van der Waals surface area (Å²) in [7, 11) is 0. The maximum Gasteiger partial charge on any atom is 0.148 e. The van der Waals surface area contributed by atoms with Gasteiger partial charge in [0.1, 0.15) is 11.0 Å². The molecule has 0 spiro atoms. The Bertz CT molecular complexity index is 371. The predicted molar refractivity (Wildman–Crippen MR) is 43.6 cm³/mol. The van der Waals surface area contributed by atoms with Crippen LogP contribution in [0.4, 0.5) is 0 Å². The highest BCUT2D eigenvalue weighted by Crippen LogP contribution is 2.22. The second-order valence-electron chi connectivity index (χ2n) is 2.09. The van der Waals surface area contributed by atoms with E-state index < -0.39 is 0 Å². The smallest absolute Gasteiger partial charge is 0.148 e. The zero-order valence-corrected chi connectivity index (χ0v) is 6.76. The van der Waals surface area contributed by atoms with Gasteiger partial charge < -0.3 is 0 Å². The lowest BCUT2D eigenvalue weighted by Crippen LogP contribution is -1.73. The largest absolute Gasteiger partial charge is 0.243 e. The van der Waals surface area contributed by atoms with Crippen molar-refractivity contribution in [3.05, 3.63) is 18.2 Å². The molecule has 0 saturated heterocycles. The zero-order chi connectivity index (χ0) is 7.68. The molecule has 0 atom stereocenters. The molecule has 0 fully saturated rings. The maximum absolute atomic E-state index is 4.59. The molecule has 2 rings (SSSR count). The van der Waals surface area contributed by atoms with Gasteiger partial charge in [0.05, 0.1) is 0 Å². The van der Waals surface area contributed by atoms with Crippen LogP contribution in [0.2, 0.25) is 0 Å². The summed E-state index contributed by atoms with van der Waals surface area (Å²) < 4.78 is 4.59. The van der Waals surface area contributed by atoms with Gasteiger partial charge in [0, 0.05) is 4.90 Å². The average Bonchev–Trinajstić information content (AvgIpc) is 2.50. The van der Waals surface area contributed by atoms with Crippen molar-refractivity contribution in [3.8, 4) is 0 Å². The van der Waals surface area contributed by atoms with Crippen molar-refractivity contribution in [3.63, 3.8) is 0 Å². The number of aromatic nitrogens is 2. The van der Waals surface area contributed by atoms with Gasteiger partial charge in [-0.1, -0.05) is 6.07 Å². The molecule has 11 heavy (non-hydrogen) atoms. The van der Waals surface area contributed by atoms with Crippen LogP contribution in [0, 0.1) is 0 Å². The van der Waals surface area contributed by atoms with E-state index in [1.54, 1.807) is 11.8 Å². The minimum absolute atomic E-state index is 0.817. The van der Waals surface area contributed by atoms with Crippen molar-refractivity contribution < 1.29 is 4.63 Å². The van der Waals surface area contributed by atoms with Gasteiger partial charge >= 0.3 is 0 Å². The number of rotatable bonds is 1. The number of thioether (sulfide) groups is 1. The van der Waals surface area contributed by atoms with E-state index >= 15 is 0 Å². The Balaban J connectivity index is 2.79. The molecule has 0 aliphatic carbocycles. The molecule has 1 aromatic carbocycles. The van der Waals surface area contributed by atoms with Crippen molar-refractivity contribution >= 4 is 22.8 Å². The van der Waals surface area contributed by atoms with Gasteiger partial charge in [0.25, 0.3) is 0 Å². The van der Waals surface area contributed by atoms with Crippen LogP contribution in [-0.4, -0.2) is 16.6 Å². The van der Waals surface area contributed by atoms with Crippen LogP contribution >= 0.6 is 11.8 Å². The minimum atomic E-state index is 0.817. The lowest BCUT2D eigenvalue weighted by Gasteiger charge is -1.91. The predicted octanol–water partition coefficient (Wildman–Crippen LogP) is 1.94. The number of hydrogen-bond acceptors (Lipinski definition) is 4. The molecule has 0 radical (unpaired) electrons. The second-order valence-corrected chi connectivity index (χ2v) is 2.94. The molecule has 1 heterocycles. The quantitative estimate of drug-likeness (QED) is 0.607. The third-order valence-electron chi connectivity index (χ3n) is 1.47. The van der Waals surface area contributed by atoms with Gasteiger partial charge in [0.2, 0.25) is 0 Å². The summed E-state index contributed by atoms with van der Waals surface area (Å²) in [6, 6.07) is 5.82. The maximum atomic E-state index is 4.59. The van der Waals surface area contributed by atoms with Gasteiger partial charge in [-0.05, 0) is 28.7 Å². The van der Waals surface area contributed by atoms with Gasteiger partial charge in [0.15, 0.2) is 0 Å². The summed E-state index contributed by atoms with van der Waals surface area (Å²) in [6.45, 7) is 0. The first-order valence-corrected chi connectivity index (χ1v) is 4.39. The number of fused-ring (bicyclic) bond motifs is 1. The third-order valence-corrected chi connectivity index (χ3v) is 2.24. The molecular weight excluding hydrogens is 160 g/mol. The Labute approximate surface area is 67.7 Å². The van der Waals surface area contributed by atoms with Crippen LogP contribution in [-0.2, 0) is 0 Å². The fraction of sp³-hybridized carbons (Fsp3) is 0.143. The van der Waals surface area contributed by atoms with Gasteiger partial charge in [-0.25, -0.2) is 4.63 Å². The van der Waals surface area contributed by atoms with Gasteiger partial charge in [-0.15, -0.1) is 11.8 Å². The molecule has 0 N–H and O–H groups in total. The molecule has 0 aliphatic heterocycles. The first-order valence-electron chi connectivity index (χ1n) is 3.17. The zero-order valence-electron chi connectivity index (χ0n) is 5.94. The van der Waals surface area contributed by atoms with E-state index in [4.69, 9.17) is 0 Å². The van der Waals surface area contributed by atoms with Crippen molar-refractivity contribution in [2.24, 2.45) is 0 Å². The van der Waals surface area contributed by atoms with Crippen molar-refractivity contribution in [2.45, 2.75) is 4.90 Å². The summed E-state index contributed by atoms with van der Waals surface area (Å²) in [6.07, 6.45) is 2.00. The van der Waals surface area contributed by atoms with Gasteiger partial charge in [-0.3, -0.25) is 0 Å². The fourth-order valence-electron chi connectivity index (χ4n) is 0.946. The summed E-state index contributed by atoms with van der Waals surface area (Å²) in [5.74, 6) is 0. The molecular formula is C7H6N2OS. The van der Waals surface area contributed by atoms with Crippen LogP contribution < -0.4 is 0 Å². The molecule has 4 heteroatoms. The summed E-state index contributed by atoms with van der Waals surface area (Å²) >= 11 is 1.64. The van der Waals surface area contributed by atoms with Crippen LogP contribution in [0.1, 0.15) is 0 Å². The summed E-state index contributed by atoms with van der Waals surface area (Å²) in [5.41, 5.74) is 1.66. The molecule has 2 aromatic rings. The lowest BCUT2D eigenvalue weighted by molar-refractivity contribution is 0.315. The fourth-order valence-corrected chi connectivity index (χ4v) is 1.50. The molecule has 0 bridgehead atoms. The molecule has 3 nitrogen and oxygen atoms in total. The Morgan fingerprint density at radius 2 is 2.27 bits per heavy atom. The highest BCUT2D eigenvalue weighted by Gasteiger charge is 2.03. The van der Waals surface area contributed by atoms with E-state index in [2.05, 4.69) is 14.9 Å². The van der Waals surface area contributed by atoms with Crippen molar-refractivity contribution in [1.29, 1.82) is 0 Å². The van der Waals surface area contributed by atoms with Crippen LogP contribution in [0.25, 0.3) is 11.0 Å².